The van der Waals surface area contributed by atoms with Crippen LogP contribution >= 0.6 is 11.6 Å². The highest BCUT2D eigenvalue weighted by Crippen LogP contribution is 2.22. The summed E-state index contributed by atoms with van der Waals surface area (Å²) in [5.74, 6) is -2.24. The van der Waals surface area contributed by atoms with E-state index in [0.717, 1.165) is 5.69 Å². The van der Waals surface area contributed by atoms with Crippen LogP contribution in [0.3, 0.4) is 0 Å². The van der Waals surface area contributed by atoms with Crippen molar-refractivity contribution in [3.63, 3.8) is 0 Å². The molecule has 10 heteroatoms. The number of aromatic nitrogens is 2. The van der Waals surface area contributed by atoms with Crippen molar-refractivity contribution in [1.29, 1.82) is 0 Å². The molecule has 0 radical (unpaired) electrons. The van der Waals surface area contributed by atoms with E-state index in [-0.39, 0.29) is 11.6 Å². The Balaban J connectivity index is 0.000000345. The molecule has 0 aliphatic carbocycles. The van der Waals surface area contributed by atoms with Crippen molar-refractivity contribution in [2.24, 2.45) is 5.73 Å². The quantitative estimate of drug-likeness (QED) is 0.667. The van der Waals surface area contributed by atoms with Gasteiger partial charge in [0.2, 0.25) is 0 Å². The van der Waals surface area contributed by atoms with Gasteiger partial charge in [-0.15, -0.1) is 0 Å². The summed E-state index contributed by atoms with van der Waals surface area (Å²) in [5.41, 5.74) is 7.08. The third-order valence-electron chi connectivity index (χ3n) is 3.54. The lowest BCUT2D eigenvalue weighted by Crippen LogP contribution is -2.27. The zero-order chi connectivity index (χ0) is 21.1. The Morgan fingerprint density at radius 2 is 1.75 bits per heavy atom. The largest absolute Gasteiger partial charge is 0.490 e. The monoisotopic (exact) mass is 413 g/mol. The SMILES string of the molecule is CC(N)c1nc2cccc(Cl)c2c(=O)n1-c1ccccc1.O=C(O)C(F)(F)F. The second-order valence-electron chi connectivity index (χ2n) is 5.67. The average molecular weight is 414 g/mol. The third kappa shape index (κ3) is 4.68. The Bertz CT molecular complexity index is 1050. The number of carboxylic acid groups (broad SMARTS) is 1. The zero-order valence-corrected chi connectivity index (χ0v) is 15.2. The fourth-order valence-electron chi connectivity index (χ4n) is 2.34. The second kappa shape index (κ2) is 8.41. The zero-order valence-electron chi connectivity index (χ0n) is 14.4. The van der Waals surface area contributed by atoms with Crippen molar-refractivity contribution in [1.82, 2.24) is 9.55 Å². The number of carbonyl (C=O) groups is 1. The third-order valence-corrected chi connectivity index (χ3v) is 3.85. The van der Waals surface area contributed by atoms with E-state index in [4.69, 9.17) is 27.2 Å². The molecule has 3 rings (SSSR count). The number of halogens is 4. The Morgan fingerprint density at radius 3 is 2.25 bits per heavy atom. The molecule has 0 fully saturated rings. The van der Waals surface area contributed by atoms with Gasteiger partial charge in [-0.1, -0.05) is 35.9 Å². The molecule has 1 atom stereocenters. The minimum absolute atomic E-state index is 0.205. The highest BCUT2D eigenvalue weighted by atomic mass is 35.5. The summed E-state index contributed by atoms with van der Waals surface area (Å²) in [6, 6.07) is 14.2. The first-order chi connectivity index (χ1) is 13.0. The molecule has 1 unspecified atom stereocenters. The van der Waals surface area contributed by atoms with Crippen molar-refractivity contribution >= 4 is 28.5 Å². The summed E-state index contributed by atoms with van der Waals surface area (Å²) in [7, 11) is 0. The standard InChI is InChI=1S/C16H14ClN3O.C2HF3O2/c1-10(18)15-19-13-9-5-8-12(17)14(13)16(21)20(15)11-6-3-2-4-7-11;3-2(4,5)1(6)7/h2-10H,18H2,1H3;(H,6,7). The number of hydrogen-bond acceptors (Lipinski definition) is 4. The van der Waals surface area contributed by atoms with Crippen molar-refractivity contribution in [2.75, 3.05) is 0 Å². The van der Waals surface area contributed by atoms with Crippen molar-refractivity contribution in [3.8, 4) is 5.69 Å². The van der Waals surface area contributed by atoms with Gasteiger partial charge in [0, 0.05) is 0 Å². The molecule has 1 aromatic heterocycles. The predicted octanol–water partition coefficient (Wildman–Crippen LogP) is 3.69. The van der Waals surface area contributed by atoms with Crippen LogP contribution in [0.4, 0.5) is 13.2 Å². The minimum Gasteiger partial charge on any atom is -0.475 e. The van der Waals surface area contributed by atoms with Crippen LogP contribution in [0, 0.1) is 0 Å². The maximum absolute atomic E-state index is 12.9. The fraction of sp³-hybridized carbons (Fsp3) is 0.167. The molecule has 0 spiro atoms. The summed E-state index contributed by atoms with van der Waals surface area (Å²) in [5, 5.41) is 7.93. The van der Waals surface area contributed by atoms with Crippen LogP contribution in [-0.4, -0.2) is 26.8 Å². The van der Waals surface area contributed by atoms with E-state index in [0.29, 0.717) is 21.7 Å². The molecule has 148 valence electrons. The molecule has 28 heavy (non-hydrogen) atoms. The molecule has 0 saturated carbocycles. The maximum Gasteiger partial charge on any atom is 0.490 e. The lowest BCUT2D eigenvalue weighted by atomic mass is 10.2. The van der Waals surface area contributed by atoms with Crippen LogP contribution in [0.1, 0.15) is 18.8 Å². The first-order valence-electron chi connectivity index (χ1n) is 7.86. The molecular weight excluding hydrogens is 399 g/mol. The van der Waals surface area contributed by atoms with E-state index in [1.165, 1.54) is 4.57 Å². The number of nitrogens with two attached hydrogens (primary N) is 1. The van der Waals surface area contributed by atoms with E-state index in [9.17, 15) is 18.0 Å². The van der Waals surface area contributed by atoms with Gasteiger partial charge in [0.25, 0.3) is 5.56 Å². The number of fused-ring (bicyclic) bond motifs is 1. The molecule has 0 saturated heterocycles. The van der Waals surface area contributed by atoms with Gasteiger partial charge in [-0.05, 0) is 31.2 Å². The Hall–Kier alpha value is -2.91. The van der Waals surface area contributed by atoms with Crippen LogP contribution in [0.15, 0.2) is 53.3 Å². The first-order valence-corrected chi connectivity index (χ1v) is 8.24. The lowest BCUT2D eigenvalue weighted by Gasteiger charge is -2.16. The second-order valence-corrected chi connectivity index (χ2v) is 6.08. The smallest absolute Gasteiger partial charge is 0.475 e. The maximum atomic E-state index is 12.9. The molecule has 0 aliphatic rings. The van der Waals surface area contributed by atoms with Gasteiger partial charge in [-0.2, -0.15) is 13.2 Å². The van der Waals surface area contributed by atoms with Crippen LogP contribution in [0.2, 0.25) is 5.02 Å². The summed E-state index contributed by atoms with van der Waals surface area (Å²) in [6.45, 7) is 1.80. The number of nitrogens with zero attached hydrogens (tertiary/aromatic N) is 2. The van der Waals surface area contributed by atoms with E-state index < -0.39 is 12.1 Å². The molecule has 3 N–H and O–H groups in total. The topological polar surface area (TPSA) is 98.2 Å². The van der Waals surface area contributed by atoms with Crippen LogP contribution in [0.25, 0.3) is 16.6 Å². The normalized spacial score (nSPS) is 12.2. The highest BCUT2D eigenvalue weighted by Gasteiger charge is 2.38. The van der Waals surface area contributed by atoms with Gasteiger partial charge >= 0.3 is 12.1 Å². The summed E-state index contributed by atoms with van der Waals surface area (Å²) in [6.07, 6.45) is -5.08. The summed E-state index contributed by atoms with van der Waals surface area (Å²) < 4.78 is 33.3. The minimum atomic E-state index is -5.08. The van der Waals surface area contributed by atoms with Crippen molar-refractivity contribution in [2.45, 2.75) is 19.1 Å². The molecule has 0 bridgehead atoms. The molecule has 2 aromatic carbocycles. The van der Waals surface area contributed by atoms with E-state index >= 15 is 0 Å². The Morgan fingerprint density at radius 1 is 1.18 bits per heavy atom. The van der Waals surface area contributed by atoms with Crippen LogP contribution < -0.4 is 11.3 Å². The number of benzene rings is 2. The van der Waals surface area contributed by atoms with Crippen molar-refractivity contribution < 1.29 is 23.1 Å². The Labute approximate surface area is 162 Å². The number of aliphatic carboxylic acids is 1. The number of hydrogen-bond donors (Lipinski definition) is 2. The lowest BCUT2D eigenvalue weighted by molar-refractivity contribution is -0.192. The number of alkyl halides is 3. The molecule has 3 aromatic rings. The van der Waals surface area contributed by atoms with Gasteiger partial charge in [0.05, 0.1) is 27.7 Å². The van der Waals surface area contributed by atoms with Gasteiger partial charge in [0.1, 0.15) is 5.82 Å². The first kappa shape index (κ1) is 21.4. The summed E-state index contributed by atoms with van der Waals surface area (Å²) in [4.78, 5) is 26.3. The van der Waals surface area contributed by atoms with E-state index in [2.05, 4.69) is 4.98 Å². The van der Waals surface area contributed by atoms with Gasteiger partial charge < -0.3 is 10.8 Å². The molecular formula is C18H15ClF3N3O3. The van der Waals surface area contributed by atoms with Crippen molar-refractivity contribution in [3.05, 3.63) is 69.7 Å². The number of carboxylic acids is 1. The highest BCUT2D eigenvalue weighted by molar-refractivity contribution is 6.35. The Kier molecular flexibility index (Phi) is 6.42. The van der Waals surface area contributed by atoms with E-state index in [1.54, 1.807) is 25.1 Å². The summed E-state index contributed by atoms with van der Waals surface area (Å²) >= 11 is 6.17. The molecule has 0 amide bonds. The van der Waals surface area contributed by atoms with Crippen LogP contribution in [0.5, 0.6) is 0 Å². The molecule has 0 aliphatic heterocycles. The molecule has 6 nitrogen and oxygen atoms in total. The van der Waals surface area contributed by atoms with Gasteiger partial charge in [-0.25, -0.2) is 9.78 Å². The fourth-order valence-corrected chi connectivity index (χ4v) is 2.59. The van der Waals surface area contributed by atoms with Gasteiger partial charge in [-0.3, -0.25) is 9.36 Å². The van der Waals surface area contributed by atoms with E-state index in [1.807, 2.05) is 30.3 Å². The average Bonchev–Trinajstić information content (AvgIpc) is 2.61. The molecule has 1 heterocycles. The number of rotatable bonds is 2. The number of para-hydroxylation sites is 1. The van der Waals surface area contributed by atoms with Gasteiger partial charge in [0.15, 0.2) is 0 Å². The van der Waals surface area contributed by atoms with Crippen LogP contribution in [-0.2, 0) is 4.79 Å². The predicted molar refractivity (Wildman–Crippen MR) is 98.6 cm³/mol.